The molecule has 0 aliphatic heterocycles. The van der Waals surface area contributed by atoms with Crippen molar-refractivity contribution in [1.29, 1.82) is 0 Å². The molecule has 0 fully saturated rings. The number of carboxylic acid groups (broad SMARTS) is 1. The lowest BCUT2D eigenvalue weighted by atomic mass is 10.0. The van der Waals surface area contributed by atoms with Crippen molar-refractivity contribution < 1.29 is 37.3 Å². The second-order valence-electron chi connectivity index (χ2n) is 8.68. The molecule has 3 aromatic rings. The fraction of sp³-hybridized carbons (Fsp3) is 0.345. The van der Waals surface area contributed by atoms with Gasteiger partial charge in [0.05, 0.1) is 25.4 Å². The highest BCUT2D eigenvalue weighted by Gasteiger charge is 2.31. The highest BCUT2D eigenvalue weighted by Crippen LogP contribution is 2.38. The van der Waals surface area contributed by atoms with E-state index >= 15 is 0 Å². The zero-order valence-electron chi connectivity index (χ0n) is 21.1. The third kappa shape index (κ3) is 7.90. The van der Waals surface area contributed by atoms with Crippen LogP contribution in [-0.4, -0.2) is 30.9 Å². The molecule has 8 heteroatoms. The molecule has 3 rings (SSSR count). The maximum Gasteiger partial charge on any atom is 0.416 e. The van der Waals surface area contributed by atoms with Gasteiger partial charge in [0, 0.05) is 18.4 Å². The van der Waals surface area contributed by atoms with Crippen molar-refractivity contribution in [2.75, 3.05) is 13.7 Å². The average molecular weight is 517 g/mol. The summed E-state index contributed by atoms with van der Waals surface area (Å²) in [5.41, 5.74) is 2.20. The van der Waals surface area contributed by atoms with E-state index in [-0.39, 0.29) is 12.5 Å². The van der Waals surface area contributed by atoms with Crippen molar-refractivity contribution in [2.45, 2.75) is 51.8 Å². The Kier molecular flexibility index (Phi) is 9.44. The molecular formula is C29H31F3O5. The van der Waals surface area contributed by atoms with Gasteiger partial charge in [-0.15, -0.1) is 0 Å². The smallest absolute Gasteiger partial charge is 0.416 e. The molecule has 37 heavy (non-hydrogen) atoms. The van der Waals surface area contributed by atoms with E-state index in [2.05, 4.69) is 0 Å². The standard InChI is InChI=1S/C29H31F3O5/c1-4-20-17-25(12-5-21(20)8-14-28(33)34)36-16-15-19(2)37-27-13-9-23(29(30,31)32)18-26(27)22-6-10-24(35-3)11-7-22/h5-7,9-13,17-19H,4,8,14-16H2,1-3H3,(H,33,34)/t19-/m0/s1. The Hall–Kier alpha value is -3.68. The van der Waals surface area contributed by atoms with E-state index in [0.29, 0.717) is 47.8 Å². The average Bonchev–Trinajstić information content (AvgIpc) is 2.87. The molecule has 0 bridgehead atoms. The summed E-state index contributed by atoms with van der Waals surface area (Å²) in [5, 5.41) is 8.93. The molecule has 0 amide bonds. The molecule has 0 saturated heterocycles. The summed E-state index contributed by atoms with van der Waals surface area (Å²) in [6.45, 7) is 4.19. The van der Waals surface area contributed by atoms with Gasteiger partial charge in [-0.2, -0.15) is 13.2 Å². The molecule has 0 unspecified atom stereocenters. The summed E-state index contributed by atoms with van der Waals surface area (Å²) < 4.78 is 57.2. The predicted molar refractivity (Wildman–Crippen MR) is 135 cm³/mol. The predicted octanol–water partition coefficient (Wildman–Crippen LogP) is 7.20. The van der Waals surface area contributed by atoms with Crippen LogP contribution in [0.1, 0.15) is 43.4 Å². The minimum Gasteiger partial charge on any atom is -0.497 e. The number of carboxylic acids is 1. The van der Waals surface area contributed by atoms with Gasteiger partial charge in [-0.1, -0.05) is 25.1 Å². The number of halogens is 3. The molecule has 0 saturated carbocycles. The normalized spacial score (nSPS) is 12.2. The van der Waals surface area contributed by atoms with E-state index in [9.17, 15) is 18.0 Å². The van der Waals surface area contributed by atoms with Gasteiger partial charge in [-0.3, -0.25) is 4.79 Å². The molecule has 198 valence electrons. The highest BCUT2D eigenvalue weighted by atomic mass is 19.4. The monoisotopic (exact) mass is 516 g/mol. The SMILES string of the molecule is CCc1cc(OCC[C@H](C)Oc2ccc(C(F)(F)F)cc2-c2ccc(OC)cc2)ccc1CCC(=O)O. The molecule has 0 spiro atoms. The Morgan fingerprint density at radius 2 is 1.68 bits per heavy atom. The van der Waals surface area contributed by atoms with Crippen LogP contribution in [0.15, 0.2) is 60.7 Å². The fourth-order valence-corrected chi connectivity index (χ4v) is 3.93. The maximum absolute atomic E-state index is 13.4. The van der Waals surface area contributed by atoms with Gasteiger partial charge in [-0.05, 0) is 78.9 Å². The molecule has 1 N–H and O–H groups in total. The van der Waals surface area contributed by atoms with E-state index in [0.717, 1.165) is 29.7 Å². The number of hydrogen-bond acceptors (Lipinski definition) is 4. The van der Waals surface area contributed by atoms with Crippen LogP contribution >= 0.6 is 0 Å². The van der Waals surface area contributed by atoms with E-state index < -0.39 is 17.7 Å². The molecule has 3 aromatic carbocycles. The van der Waals surface area contributed by atoms with Crippen molar-refractivity contribution in [2.24, 2.45) is 0 Å². The Balaban J connectivity index is 1.68. The summed E-state index contributed by atoms with van der Waals surface area (Å²) >= 11 is 0. The molecule has 0 radical (unpaired) electrons. The fourth-order valence-electron chi connectivity index (χ4n) is 3.93. The largest absolute Gasteiger partial charge is 0.497 e. The third-order valence-electron chi connectivity index (χ3n) is 6.00. The third-order valence-corrected chi connectivity index (χ3v) is 6.00. The van der Waals surface area contributed by atoms with Gasteiger partial charge in [0.15, 0.2) is 0 Å². The van der Waals surface area contributed by atoms with Gasteiger partial charge in [0.1, 0.15) is 17.2 Å². The Morgan fingerprint density at radius 1 is 0.973 bits per heavy atom. The zero-order chi connectivity index (χ0) is 27.0. The van der Waals surface area contributed by atoms with Crippen LogP contribution in [0.4, 0.5) is 13.2 Å². The lowest BCUT2D eigenvalue weighted by Crippen LogP contribution is -2.16. The first kappa shape index (κ1) is 27.9. The van der Waals surface area contributed by atoms with Crippen LogP contribution in [0.2, 0.25) is 0 Å². The zero-order valence-corrected chi connectivity index (χ0v) is 21.1. The van der Waals surface area contributed by atoms with Crippen LogP contribution in [0.25, 0.3) is 11.1 Å². The lowest BCUT2D eigenvalue weighted by molar-refractivity contribution is -0.138. The van der Waals surface area contributed by atoms with Crippen LogP contribution in [-0.2, 0) is 23.8 Å². The number of rotatable bonds is 12. The quantitative estimate of drug-likeness (QED) is 0.276. The van der Waals surface area contributed by atoms with Crippen molar-refractivity contribution in [3.63, 3.8) is 0 Å². The molecule has 0 heterocycles. The number of hydrogen-bond donors (Lipinski definition) is 1. The highest BCUT2D eigenvalue weighted by molar-refractivity contribution is 5.72. The molecule has 1 atom stereocenters. The second kappa shape index (κ2) is 12.5. The summed E-state index contributed by atoms with van der Waals surface area (Å²) in [7, 11) is 1.52. The molecular weight excluding hydrogens is 485 g/mol. The first-order valence-corrected chi connectivity index (χ1v) is 12.1. The van der Waals surface area contributed by atoms with E-state index in [4.69, 9.17) is 19.3 Å². The van der Waals surface area contributed by atoms with E-state index in [1.807, 2.05) is 32.0 Å². The number of ether oxygens (including phenoxy) is 3. The minimum atomic E-state index is -4.47. The van der Waals surface area contributed by atoms with E-state index in [1.54, 1.807) is 24.3 Å². The number of aryl methyl sites for hydroxylation is 2. The van der Waals surface area contributed by atoms with Crippen LogP contribution in [0.5, 0.6) is 17.2 Å². The van der Waals surface area contributed by atoms with Crippen molar-refractivity contribution in [1.82, 2.24) is 0 Å². The van der Waals surface area contributed by atoms with Gasteiger partial charge in [0.25, 0.3) is 0 Å². The van der Waals surface area contributed by atoms with Crippen LogP contribution in [0, 0.1) is 0 Å². The molecule has 0 aliphatic carbocycles. The topological polar surface area (TPSA) is 65.0 Å². The Labute approximate surface area is 214 Å². The van der Waals surface area contributed by atoms with Crippen LogP contribution < -0.4 is 14.2 Å². The van der Waals surface area contributed by atoms with Gasteiger partial charge < -0.3 is 19.3 Å². The number of methoxy groups -OCH3 is 1. The van der Waals surface area contributed by atoms with Gasteiger partial charge in [-0.25, -0.2) is 0 Å². The summed E-state index contributed by atoms with van der Waals surface area (Å²) in [5.74, 6) is 0.794. The first-order valence-electron chi connectivity index (χ1n) is 12.1. The molecule has 0 aromatic heterocycles. The van der Waals surface area contributed by atoms with E-state index in [1.165, 1.54) is 13.2 Å². The second-order valence-corrected chi connectivity index (χ2v) is 8.68. The Morgan fingerprint density at radius 3 is 2.30 bits per heavy atom. The summed E-state index contributed by atoms with van der Waals surface area (Å²) in [6, 6.07) is 15.9. The Bertz CT molecular complexity index is 1190. The number of carbonyl (C=O) groups is 1. The maximum atomic E-state index is 13.4. The van der Waals surface area contributed by atoms with Crippen LogP contribution in [0.3, 0.4) is 0 Å². The van der Waals surface area contributed by atoms with Crippen molar-refractivity contribution >= 4 is 5.97 Å². The minimum absolute atomic E-state index is 0.0739. The molecule has 0 aliphatic rings. The van der Waals surface area contributed by atoms with Gasteiger partial charge >= 0.3 is 12.1 Å². The summed E-state index contributed by atoms with van der Waals surface area (Å²) in [4.78, 5) is 10.9. The van der Waals surface area contributed by atoms with Crippen molar-refractivity contribution in [3.05, 3.63) is 77.4 Å². The van der Waals surface area contributed by atoms with Crippen molar-refractivity contribution in [3.8, 4) is 28.4 Å². The lowest BCUT2D eigenvalue weighted by Gasteiger charge is -2.20. The number of aliphatic carboxylic acids is 1. The number of alkyl halides is 3. The molecule has 5 nitrogen and oxygen atoms in total. The van der Waals surface area contributed by atoms with Gasteiger partial charge in [0.2, 0.25) is 0 Å². The first-order chi connectivity index (χ1) is 17.6. The summed E-state index contributed by atoms with van der Waals surface area (Å²) in [6.07, 6.45) is -2.99. The number of benzene rings is 3.